The molecule has 0 fully saturated rings. The maximum Gasteiger partial charge on any atom is 0.256 e. The van der Waals surface area contributed by atoms with Crippen molar-refractivity contribution in [2.24, 2.45) is 0 Å². The van der Waals surface area contributed by atoms with Crippen molar-refractivity contribution in [2.45, 2.75) is 11.8 Å². The first-order valence-corrected chi connectivity index (χ1v) is 8.03. The van der Waals surface area contributed by atoms with Gasteiger partial charge in [-0.3, -0.25) is 0 Å². The molecule has 0 saturated heterocycles. The number of hydrogen-bond donors (Lipinski definition) is 2. The Balaban J connectivity index is 1.83. The molecule has 3 N–H and O–H groups in total. The standard InChI is InChI=1S/C16H17N3O2S/c1-20-11-6-7-13(12(17)8-11)18-9-10-4-3-5-14-15(10)19-16(21-14)22-2/h3-8,18H,9,17H2,1-2H3. The zero-order valence-electron chi connectivity index (χ0n) is 12.4. The van der Waals surface area contributed by atoms with E-state index in [-0.39, 0.29) is 0 Å². The average molecular weight is 315 g/mol. The Kier molecular flexibility index (Phi) is 4.11. The fourth-order valence-electron chi connectivity index (χ4n) is 2.23. The molecular formula is C16H17N3O2S. The van der Waals surface area contributed by atoms with E-state index in [9.17, 15) is 0 Å². The third-order valence-corrected chi connectivity index (χ3v) is 3.91. The van der Waals surface area contributed by atoms with Gasteiger partial charge in [0.2, 0.25) is 0 Å². The maximum absolute atomic E-state index is 6.02. The first-order chi connectivity index (χ1) is 10.7. The van der Waals surface area contributed by atoms with Gasteiger partial charge in [-0.2, -0.15) is 0 Å². The van der Waals surface area contributed by atoms with E-state index >= 15 is 0 Å². The van der Waals surface area contributed by atoms with Crippen molar-refractivity contribution in [3.05, 3.63) is 42.0 Å². The molecule has 6 heteroatoms. The van der Waals surface area contributed by atoms with Crippen molar-refractivity contribution in [3.8, 4) is 5.75 Å². The maximum atomic E-state index is 6.02. The van der Waals surface area contributed by atoms with E-state index in [1.807, 2.05) is 36.6 Å². The Morgan fingerprint density at radius 3 is 2.91 bits per heavy atom. The minimum Gasteiger partial charge on any atom is -0.497 e. The van der Waals surface area contributed by atoms with Crippen LogP contribution in [0.1, 0.15) is 5.56 Å². The predicted octanol–water partition coefficient (Wildman–Crippen LogP) is 3.75. The SMILES string of the molecule is COc1ccc(NCc2cccc3oc(SC)nc23)c(N)c1. The number of nitrogen functional groups attached to an aromatic ring is 1. The Bertz CT molecular complexity index is 801. The number of benzene rings is 2. The van der Waals surface area contributed by atoms with E-state index < -0.39 is 0 Å². The van der Waals surface area contributed by atoms with Gasteiger partial charge in [0.05, 0.1) is 18.5 Å². The van der Waals surface area contributed by atoms with Crippen LogP contribution in [0.5, 0.6) is 5.75 Å². The van der Waals surface area contributed by atoms with Crippen molar-refractivity contribution >= 4 is 34.2 Å². The van der Waals surface area contributed by atoms with Gasteiger partial charge in [-0.1, -0.05) is 23.9 Å². The minimum absolute atomic E-state index is 0.619. The zero-order valence-corrected chi connectivity index (χ0v) is 13.2. The van der Waals surface area contributed by atoms with Crippen LogP contribution in [0.15, 0.2) is 46.0 Å². The van der Waals surface area contributed by atoms with Crippen LogP contribution in [-0.4, -0.2) is 18.3 Å². The lowest BCUT2D eigenvalue weighted by molar-refractivity contribution is 0.415. The molecule has 1 heterocycles. The number of anilines is 2. The first kappa shape index (κ1) is 14.6. The van der Waals surface area contributed by atoms with Crippen LogP contribution in [0.3, 0.4) is 0 Å². The zero-order chi connectivity index (χ0) is 15.5. The highest BCUT2D eigenvalue weighted by molar-refractivity contribution is 7.98. The molecule has 22 heavy (non-hydrogen) atoms. The summed E-state index contributed by atoms with van der Waals surface area (Å²) in [6.07, 6.45) is 1.95. The van der Waals surface area contributed by atoms with Gasteiger partial charge in [0.1, 0.15) is 11.3 Å². The summed E-state index contributed by atoms with van der Waals surface area (Å²) in [5.74, 6) is 0.742. The van der Waals surface area contributed by atoms with E-state index in [4.69, 9.17) is 14.9 Å². The van der Waals surface area contributed by atoms with Crippen molar-refractivity contribution in [3.63, 3.8) is 0 Å². The van der Waals surface area contributed by atoms with Crippen molar-refractivity contribution in [2.75, 3.05) is 24.4 Å². The molecule has 3 rings (SSSR count). The first-order valence-electron chi connectivity index (χ1n) is 6.81. The van der Waals surface area contributed by atoms with Gasteiger partial charge in [-0.25, -0.2) is 4.98 Å². The van der Waals surface area contributed by atoms with Gasteiger partial charge in [-0.05, 0) is 24.5 Å². The van der Waals surface area contributed by atoms with E-state index in [0.717, 1.165) is 28.1 Å². The Morgan fingerprint density at radius 2 is 2.18 bits per heavy atom. The number of oxazole rings is 1. The summed E-state index contributed by atoms with van der Waals surface area (Å²) < 4.78 is 10.8. The monoisotopic (exact) mass is 315 g/mol. The van der Waals surface area contributed by atoms with Gasteiger partial charge in [0, 0.05) is 18.2 Å². The number of ether oxygens (including phenoxy) is 1. The number of hydrogen-bond acceptors (Lipinski definition) is 6. The number of para-hydroxylation sites is 1. The molecule has 0 unspecified atom stereocenters. The lowest BCUT2D eigenvalue weighted by Crippen LogP contribution is -2.03. The third-order valence-electron chi connectivity index (χ3n) is 3.39. The van der Waals surface area contributed by atoms with Crippen molar-refractivity contribution in [1.82, 2.24) is 4.98 Å². The Morgan fingerprint density at radius 1 is 1.32 bits per heavy atom. The number of nitrogens with one attached hydrogen (secondary N) is 1. The summed E-state index contributed by atoms with van der Waals surface area (Å²) in [5, 5.41) is 4.00. The quantitative estimate of drug-likeness (QED) is 0.552. The highest BCUT2D eigenvalue weighted by Gasteiger charge is 2.09. The average Bonchev–Trinajstić information content (AvgIpc) is 2.97. The topological polar surface area (TPSA) is 73.3 Å². The van der Waals surface area contributed by atoms with Gasteiger partial charge < -0.3 is 20.2 Å². The number of nitrogens with zero attached hydrogens (tertiary/aromatic N) is 1. The molecule has 2 aromatic carbocycles. The van der Waals surface area contributed by atoms with Gasteiger partial charge in [-0.15, -0.1) is 0 Å². The summed E-state index contributed by atoms with van der Waals surface area (Å²) >= 11 is 1.49. The molecule has 0 radical (unpaired) electrons. The smallest absolute Gasteiger partial charge is 0.256 e. The molecular weight excluding hydrogens is 298 g/mol. The summed E-state index contributed by atoms with van der Waals surface area (Å²) in [6.45, 7) is 0.619. The molecule has 0 bridgehead atoms. The largest absolute Gasteiger partial charge is 0.497 e. The van der Waals surface area contributed by atoms with E-state index in [1.54, 1.807) is 13.2 Å². The number of rotatable bonds is 5. The summed E-state index contributed by atoms with van der Waals surface area (Å²) in [5.41, 5.74) is 10.3. The molecule has 0 amide bonds. The number of methoxy groups -OCH3 is 1. The molecule has 0 spiro atoms. The predicted molar refractivity (Wildman–Crippen MR) is 90.5 cm³/mol. The Labute approximate surface area is 132 Å². The fraction of sp³-hybridized carbons (Fsp3) is 0.188. The van der Waals surface area contributed by atoms with E-state index in [0.29, 0.717) is 17.5 Å². The molecule has 3 aromatic rings. The molecule has 0 aliphatic carbocycles. The summed E-state index contributed by atoms with van der Waals surface area (Å²) in [6, 6.07) is 11.5. The van der Waals surface area contributed by atoms with E-state index in [2.05, 4.69) is 10.3 Å². The molecule has 0 aliphatic rings. The van der Waals surface area contributed by atoms with Crippen LogP contribution in [0, 0.1) is 0 Å². The van der Waals surface area contributed by atoms with Crippen LogP contribution in [-0.2, 0) is 6.54 Å². The second-order valence-corrected chi connectivity index (χ2v) is 5.51. The molecule has 114 valence electrons. The highest BCUT2D eigenvalue weighted by atomic mass is 32.2. The van der Waals surface area contributed by atoms with Crippen molar-refractivity contribution in [1.29, 1.82) is 0 Å². The molecule has 0 saturated carbocycles. The van der Waals surface area contributed by atoms with Crippen LogP contribution in [0.2, 0.25) is 0 Å². The normalized spacial score (nSPS) is 10.8. The van der Waals surface area contributed by atoms with Gasteiger partial charge >= 0.3 is 0 Å². The van der Waals surface area contributed by atoms with Crippen molar-refractivity contribution < 1.29 is 9.15 Å². The van der Waals surface area contributed by atoms with Crippen LogP contribution < -0.4 is 15.8 Å². The molecule has 0 aliphatic heterocycles. The van der Waals surface area contributed by atoms with Crippen LogP contribution in [0.4, 0.5) is 11.4 Å². The van der Waals surface area contributed by atoms with Gasteiger partial charge in [0.15, 0.2) is 5.58 Å². The number of thioether (sulfide) groups is 1. The number of nitrogens with two attached hydrogens (primary N) is 1. The lowest BCUT2D eigenvalue weighted by atomic mass is 10.2. The molecule has 1 aromatic heterocycles. The molecule has 5 nitrogen and oxygen atoms in total. The molecule has 0 atom stereocenters. The second-order valence-electron chi connectivity index (χ2n) is 4.75. The van der Waals surface area contributed by atoms with Gasteiger partial charge in [0.25, 0.3) is 5.22 Å². The minimum atomic E-state index is 0.619. The second kappa shape index (κ2) is 6.19. The Hall–Kier alpha value is -2.34. The number of aromatic nitrogens is 1. The summed E-state index contributed by atoms with van der Waals surface area (Å²) in [4.78, 5) is 4.50. The highest BCUT2D eigenvalue weighted by Crippen LogP contribution is 2.27. The lowest BCUT2D eigenvalue weighted by Gasteiger charge is -2.10. The third kappa shape index (κ3) is 2.82. The van der Waals surface area contributed by atoms with Crippen LogP contribution >= 0.6 is 11.8 Å². The summed E-state index contributed by atoms with van der Waals surface area (Å²) in [7, 11) is 1.62. The number of fused-ring (bicyclic) bond motifs is 1. The van der Waals surface area contributed by atoms with E-state index in [1.165, 1.54) is 11.8 Å². The van der Waals surface area contributed by atoms with Crippen LogP contribution in [0.25, 0.3) is 11.1 Å². The fourth-order valence-corrected chi connectivity index (χ4v) is 2.59.